The van der Waals surface area contributed by atoms with E-state index in [1.807, 2.05) is 25.1 Å². The second-order valence-electron chi connectivity index (χ2n) is 7.43. The van der Waals surface area contributed by atoms with E-state index in [4.69, 9.17) is 9.47 Å². The standard InChI is InChI=1S/C22H27NO5S/c1-15(23-22(24)16-8-11-19(12-9-16)29(3,25)26)17-10-13-20(21(14-17)27-2)28-18-6-4-5-7-18/h8-15,18H,4-7H2,1-3H3,(H,23,24)/t15-/m1/s1. The van der Waals surface area contributed by atoms with Gasteiger partial charge in [-0.05, 0) is 74.6 Å². The van der Waals surface area contributed by atoms with E-state index in [-0.39, 0.29) is 22.9 Å². The number of benzene rings is 2. The van der Waals surface area contributed by atoms with E-state index in [2.05, 4.69) is 5.32 Å². The quantitative estimate of drug-likeness (QED) is 0.739. The molecule has 0 radical (unpaired) electrons. The van der Waals surface area contributed by atoms with Crippen molar-refractivity contribution in [1.29, 1.82) is 0 Å². The van der Waals surface area contributed by atoms with Crippen LogP contribution in [0.4, 0.5) is 0 Å². The third-order valence-electron chi connectivity index (χ3n) is 5.18. The van der Waals surface area contributed by atoms with Gasteiger partial charge in [0.2, 0.25) is 0 Å². The Kier molecular flexibility index (Phi) is 6.47. The maximum Gasteiger partial charge on any atom is 0.251 e. The Balaban J connectivity index is 1.69. The summed E-state index contributed by atoms with van der Waals surface area (Å²) < 4.78 is 34.6. The molecule has 0 heterocycles. The largest absolute Gasteiger partial charge is 0.493 e. The molecule has 0 saturated heterocycles. The zero-order valence-electron chi connectivity index (χ0n) is 17.0. The summed E-state index contributed by atoms with van der Waals surface area (Å²) in [5, 5.41) is 2.93. The predicted molar refractivity (Wildman–Crippen MR) is 111 cm³/mol. The van der Waals surface area contributed by atoms with E-state index >= 15 is 0 Å². The Hall–Kier alpha value is -2.54. The van der Waals surface area contributed by atoms with Crippen LogP contribution in [0.1, 0.15) is 54.6 Å². The van der Waals surface area contributed by atoms with Gasteiger partial charge in [0.15, 0.2) is 21.3 Å². The summed E-state index contributed by atoms with van der Waals surface area (Å²) in [6, 6.07) is 11.3. The van der Waals surface area contributed by atoms with Gasteiger partial charge in [-0.25, -0.2) is 8.42 Å². The Morgan fingerprint density at radius 3 is 2.31 bits per heavy atom. The van der Waals surface area contributed by atoms with Crippen molar-refractivity contribution in [3.8, 4) is 11.5 Å². The van der Waals surface area contributed by atoms with E-state index < -0.39 is 9.84 Å². The first-order valence-electron chi connectivity index (χ1n) is 9.73. The summed E-state index contributed by atoms with van der Waals surface area (Å²) in [5.74, 6) is 1.09. The van der Waals surface area contributed by atoms with Gasteiger partial charge in [-0.2, -0.15) is 0 Å². The maximum absolute atomic E-state index is 12.5. The van der Waals surface area contributed by atoms with Gasteiger partial charge in [-0.15, -0.1) is 0 Å². The molecule has 1 aliphatic carbocycles. The molecule has 3 rings (SSSR count). The number of nitrogens with one attached hydrogen (secondary N) is 1. The van der Waals surface area contributed by atoms with Crippen LogP contribution in [-0.4, -0.2) is 33.8 Å². The van der Waals surface area contributed by atoms with Gasteiger partial charge in [-0.3, -0.25) is 4.79 Å². The molecule has 2 aromatic carbocycles. The summed E-state index contributed by atoms with van der Waals surface area (Å²) in [5.41, 5.74) is 1.29. The average Bonchev–Trinajstić information content (AvgIpc) is 3.20. The first-order valence-corrected chi connectivity index (χ1v) is 11.6. The number of rotatable bonds is 7. The lowest BCUT2D eigenvalue weighted by Gasteiger charge is -2.19. The molecular weight excluding hydrogens is 390 g/mol. The van der Waals surface area contributed by atoms with Gasteiger partial charge in [0, 0.05) is 11.8 Å². The van der Waals surface area contributed by atoms with Crippen molar-refractivity contribution < 1.29 is 22.7 Å². The molecule has 0 aromatic heterocycles. The molecule has 0 unspecified atom stereocenters. The monoisotopic (exact) mass is 417 g/mol. The lowest BCUT2D eigenvalue weighted by atomic mass is 10.1. The molecule has 156 valence electrons. The summed E-state index contributed by atoms with van der Waals surface area (Å²) in [6.07, 6.45) is 5.89. The number of sulfone groups is 1. The molecule has 2 aromatic rings. The highest BCUT2D eigenvalue weighted by atomic mass is 32.2. The molecule has 1 atom stereocenters. The number of hydrogen-bond acceptors (Lipinski definition) is 5. The molecule has 6 nitrogen and oxygen atoms in total. The first-order chi connectivity index (χ1) is 13.8. The van der Waals surface area contributed by atoms with Crippen LogP contribution in [0.3, 0.4) is 0 Å². The topological polar surface area (TPSA) is 81.7 Å². The Morgan fingerprint density at radius 1 is 1.07 bits per heavy atom. The van der Waals surface area contributed by atoms with Gasteiger partial charge >= 0.3 is 0 Å². The lowest BCUT2D eigenvalue weighted by molar-refractivity contribution is 0.0939. The molecule has 1 saturated carbocycles. The van der Waals surface area contributed by atoms with Crippen LogP contribution in [0.2, 0.25) is 0 Å². The van der Waals surface area contributed by atoms with Crippen LogP contribution in [-0.2, 0) is 9.84 Å². The van der Waals surface area contributed by atoms with E-state index in [1.165, 1.54) is 37.1 Å². The molecule has 1 N–H and O–H groups in total. The van der Waals surface area contributed by atoms with Crippen LogP contribution < -0.4 is 14.8 Å². The van der Waals surface area contributed by atoms with Gasteiger partial charge in [-0.1, -0.05) is 6.07 Å². The lowest BCUT2D eigenvalue weighted by Crippen LogP contribution is -2.26. The SMILES string of the molecule is COc1cc([C@@H](C)NC(=O)c2ccc(S(C)(=O)=O)cc2)ccc1OC1CCCC1. The summed E-state index contributed by atoms with van der Waals surface area (Å²) >= 11 is 0. The number of ether oxygens (including phenoxy) is 2. The van der Waals surface area contributed by atoms with Crippen molar-refractivity contribution in [3.63, 3.8) is 0 Å². The number of methoxy groups -OCH3 is 1. The summed E-state index contributed by atoms with van der Waals surface area (Å²) in [4.78, 5) is 12.7. The average molecular weight is 418 g/mol. The van der Waals surface area contributed by atoms with Crippen molar-refractivity contribution in [3.05, 3.63) is 53.6 Å². The Morgan fingerprint density at radius 2 is 1.72 bits per heavy atom. The van der Waals surface area contributed by atoms with Gasteiger partial charge in [0.25, 0.3) is 5.91 Å². The number of carbonyl (C=O) groups excluding carboxylic acids is 1. The van der Waals surface area contributed by atoms with E-state index in [9.17, 15) is 13.2 Å². The predicted octanol–water partition coefficient (Wildman–Crippen LogP) is 3.91. The van der Waals surface area contributed by atoms with Crippen LogP contribution in [0.15, 0.2) is 47.4 Å². The number of hydrogen-bond donors (Lipinski definition) is 1. The van der Waals surface area contributed by atoms with Crippen LogP contribution in [0, 0.1) is 0 Å². The smallest absolute Gasteiger partial charge is 0.251 e. The minimum atomic E-state index is -3.29. The Bertz CT molecular complexity index is 963. The van der Waals surface area contributed by atoms with Crippen LogP contribution in [0.5, 0.6) is 11.5 Å². The first kappa shape index (κ1) is 21.2. The van der Waals surface area contributed by atoms with Gasteiger partial charge in [0.1, 0.15) is 0 Å². The molecule has 0 aliphatic heterocycles. The molecule has 1 aliphatic rings. The van der Waals surface area contributed by atoms with Crippen molar-refractivity contribution in [2.45, 2.75) is 49.6 Å². The van der Waals surface area contributed by atoms with E-state index in [0.717, 1.165) is 30.4 Å². The molecule has 0 spiro atoms. The number of carbonyl (C=O) groups is 1. The van der Waals surface area contributed by atoms with Crippen molar-refractivity contribution >= 4 is 15.7 Å². The van der Waals surface area contributed by atoms with Crippen molar-refractivity contribution in [2.24, 2.45) is 0 Å². The number of amides is 1. The van der Waals surface area contributed by atoms with Gasteiger partial charge in [0.05, 0.1) is 24.2 Å². The highest BCUT2D eigenvalue weighted by molar-refractivity contribution is 7.90. The third-order valence-corrected chi connectivity index (χ3v) is 6.30. The van der Waals surface area contributed by atoms with E-state index in [1.54, 1.807) is 7.11 Å². The molecule has 1 fully saturated rings. The summed E-state index contributed by atoms with van der Waals surface area (Å²) in [7, 11) is -1.69. The summed E-state index contributed by atoms with van der Waals surface area (Å²) in [6.45, 7) is 1.88. The van der Waals surface area contributed by atoms with Crippen LogP contribution >= 0.6 is 0 Å². The minimum Gasteiger partial charge on any atom is -0.493 e. The zero-order chi connectivity index (χ0) is 21.0. The van der Waals surface area contributed by atoms with Gasteiger partial charge < -0.3 is 14.8 Å². The van der Waals surface area contributed by atoms with Crippen molar-refractivity contribution in [2.75, 3.05) is 13.4 Å². The highest BCUT2D eigenvalue weighted by Crippen LogP contribution is 2.33. The third kappa shape index (κ3) is 5.29. The molecule has 0 bridgehead atoms. The van der Waals surface area contributed by atoms with Crippen LogP contribution in [0.25, 0.3) is 0 Å². The minimum absolute atomic E-state index is 0.185. The molecule has 7 heteroatoms. The Labute approximate surface area is 172 Å². The molecule has 29 heavy (non-hydrogen) atoms. The van der Waals surface area contributed by atoms with E-state index in [0.29, 0.717) is 11.3 Å². The van der Waals surface area contributed by atoms with Crippen molar-refractivity contribution in [1.82, 2.24) is 5.32 Å². The highest BCUT2D eigenvalue weighted by Gasteiger charge is 2.20. The fraction of sp³-hybridized carbons (Fsp3) is 0.409. The fourth-order valence-electron chi connectivity index (χ4n) is 3.45. The zero-order valence-corrected chi connectivity index (χ0v) is 17.8. The molecular formula is C22H27NO5S. The maximum atomic E-state index is 12.5. The normalized spacial score (nSPS) is 15.7. The second kappa shape index (κ2) is 8.86. The second-order valence-corrected chi connectivity index (χ2v) is 9.44. The molecule has 1 amide bonds. The fourth-order valence-corrected chi connectivity index (χ4v) is 4.08.